The van der Waals surface area contributed by atoms with E-state index in [9.17, 15) is 4.39 Å². The number of ether oxygens (including phenoxy) is 2. The highest BCUT2D eigenvalue weighted by molar-refractivity contribution is 5.36. The van der Waals surface area contributed by atoms with Crippen molar-refractivity contribution in [3.8, 4) is 5.75 Å². The van der Waals surface area contributed by atoms with Crippen LogP contribution in [0.25, 0.3) is 0 Å². The van der Waals surface area contributed by atoms with Crippen LogP contribution >= 0.6 is 0 Å². The monoisotopic (exact) mass is 255 g/mol. The Kier molecular flexibility index (Phi) is 6.09. The van der Waals surface area contributed by atoms with Gasteiger partial charge in [-0.3, -0.25) is 0 Å². The van der Waals surface area contributed by atoms with Crippen molar-refractivity contribution in [2.45, 2.75) is 32.9 Å². The second kappa shape index (κ2) is 7.34. The Bertz CT molecular complexity index is 371. The predicted octanol–water partition coefficient (Wildman–Crippen LogP) is 2.91. The van der Waals surface area contributed by atoms with Crippen molar-refractivity contribution >= 4 is 0 Å². The lowest BCUT2D eigenvalue weighted by Crippen LogP contribution is -2.20. The first-order valence-electron chi connectivity index (χ1n) is 6.26. The first-order valence-corrected chi connectivity index (χ1v) is 6.26. The van der Waals surface area contributed by atoms with E-state index in [1.54, 1.807) is 13.2 Å². The molecule has 0 fully saturated rings. The van der Waals surface area contributed by atoms with Gasteiger partial charge in [-0.1, -0.05) is 13.0 Å². The van der Waals surface area contributed by atoms with Crippen LogP contribution in [-0.2, 0) is 4.74 Å². The molecule has 0 saturated carbocycles. The lowest BCUT2D eigenvalue weighted by atomic mass is 10.1. The molecule has 102 valence electrons. The Morgan fingerprint density at radius 2 is 2.06 bits per heavy atom. The van der Waals surface area contributed by atoms with Crippen molar-refractivity contribution in [1.29, 1.82) is 0 Å². The Labute approximate surface area is 108 Å². The van der Waals surface area contributed by atoms with Gasteiger partial charge in [-0.15, -0.1) is 0 Å². The minimum absolute atomic E-state index is 0.0180. The van der Waals surface area contributed by atoms with Gasteiger partial charge in [-0.05, 0) is 26.5 Å². The fourth-order valence-electron chi connectivity index (χ4n) is 1.68. The zero-order valence-electron chi connectivity index (χ0n) is 11.5. The van der Waals surface area contributed by atoms with Gasteiger partial charge in [0.05, 0.1) is 6.10 Å². The summed E-state index contributed by atoms with van der Waals surface area (Å²) in [5.74, 6) is 0.287. The van der Waals surface area contributed by atoms with Crippen molar-refractivity contribution in [2.24, 2.45) is 0 Å². The summed E-state index contributed by atoms with van der Waals surface area (Å²) in [4.78, 5) is 0. The van der Waals surface area contributed by atoms with E-state index in [-0.39, 0.29) is 18.0 Å². The molecule has 2 unspecified atom stereocenters. The highest BCUT2D eigenvalue weighted by Crippen LogP contribution is 2.26. The summed E-state index contributed by atoms with van der Waals surface area (Å²) >= 11 is 0. The smallest absolute Gasteiger partial charge is 0.127 e. The number of hydrogen-bond acceptors (Lipinski definition) is 3. The number of benzene rings is 1. The highest BCUT2D eigenvalue weighted by Gasteiger charge is 2.13. The molecule has 0 aromatic heterocycles. The summed E-state index contributed by atoms with van der Waals surface area (Å²) in [5, 5.41) is 3.29. The lowest BCUT2D eigenvalue weighted by molar-refractivity contribution is 0.0710. The summed E-state index contributed by atoms with van der Waals surface area (Å²) in [7, 11) is 1.63. The van der Waals surface area contributed by atoms with Crippen LogP contribution in [0.15, 0.2) is 18.2 Å². The van der Waals surface area contributed by atoms with E-state index in [2.05, 4.69) is 5.32 Å². The van der Waals surface area contributed by atoms with Crippen molar-refractivity contribution in [2.75, 3.05) is 20.3 Å². The molecule has 1 rings (SSSR count). The van der Waals surface area contributed by atoms with Crippen LogP contribution in [0, 0.1) is 5.82 Å². The van der Waals surface area contributed by atoms with Crippen LogP contribution in [0.1, 0.15) is 32.4 Å². The molecule has 0 aliphatic rings. The van der Waals surface area contributed by atoms with E-state index < -0.39 is 0 Å². The Morgan fingerprint density at radius 3 is 2.67 bits per heavy atom. The minimum Gasteiger partial charge on any atom is -0.490 e. The van der Waals surface area contributed by atoms with Crippen LogP contribution in [0.4, 0.5) is 4.39 Å². The molecule has 0 saturated heterocycles. The van der Waals surface area contributed by atoms with Gasteiger partial charge >= 0.3 is 0 Å². The van der Waals surface area contributed by atoms with E-state index >= 15 is 0 Å². The second-order valence-electron chi connectivity index (χ2n) is 4.32. The van der Waals surface area contributed by atoms with Gasteiger partial charge in [0.2, 0.25) is 0 Å². The first kappa shape index (κ1) is 14.9. The summed E-state index contributed by atoms with van der Waals surface area (Å²) in [6, 6.07) is 4.76. The van der Waals surface area contributed by atoms with Gasteiger partial charge in [-0.2, -0.15) is 0 Å². The molecule has 18 heavy (non-hydrogen) atoms. The Balaban J connectivity index is 2.82. The second-order valence-corrected chi connectivity index (χ2v) is 4.32. The third kappa shape index (κ3) is 4.27. The van der Waals surface area contributed by atoms with Crippen LogP contribution in [0.3, 0.4) is 0 Å². The van der Waals surface area contributed by atoms with Gasteiger partial charge in [0.25, 0.3) is 0 Å². The number of methoxy groups -OCH3 is 1. The van der Waals surface area contributed by atoms with Gasteiger partial charge in [0, 0.05) is 24.8 Å². The van der Waals surface area contributed by atoms with E-state index in [4.69, 9.17) is 9.47 Å². The molecule has 0 bridgehead atoms. The maximum atomic E-state index is 13.3. The van der Waals surface area contributed by atoms with Crippen molar-refractivity contribution < 1.29 is 13.9 Å². The molecule has 1 N–H and O–H groups in total. The minimum atomic E-state index is -0.289. The summed E-state index contributed by atoms with van der Waals surface area (Å²) in [5.41, 5.74) is 0.960. The van der Waals surface area contributed by atoms with E-state index in [1.807, 2.05) is 20.8 Å². The molecule has 0 spiro atoms. The normalized spacial score (nSPS) is 14.3. The summed E-state index contributed by atoms with van der Waals surface area (Å²) < 4.78 is 24.0. The van der Waals surface area contributed by atoms with Gasteiger partial charge in [0.1, 0.15) is 18.2 Å². The third-order valence-corrected chi connectivity index (χ3v) is 2.83. The summed E-state index contributed by atoms with van der Waals surface area (Å²) in [6.07, 6.45) is -0.0180. The van der Waals surface area contributed by atoms with E-state index in [0.717, 1.165) is 12.1 Å². The van der Waals surface area contributed by atoms with Gasteiger partial charge in [0.15, 0.2) is 0 Å². The van der Waals surface area contributed by atoms with Crippen LogP contribution in [0.5, 0.6) is 5.75 Å². The predicted molar refractivity (Wildman–Crippen MR) is 70.5 cm³/mol. The van der Waals surface area contributed by atoms with Gasteiger partial charge < -0.3 is 14.8 Å². The number of halogens is 1. The van der Waals surface area contributed by atoms with Crippen LogP contribution < -0.4 is 10.1 Å². The molecule has 0 heterocycles. The quantitative estimate of drug-likeness (QED) is 0.812. The van der Waals surface area contributed by atoms with Crippen LogP contribution in [0.2, 0.25) is 0 Å². The van der Waals surface area contributed by atoms with E-state index in [1.165, 1.54) is 12.1 Å². The van der Waals surface area contributed by atoms with Crippen molar-refractivity contribution in [1.82, 2.24) is 5.32 Å². The van der Waals surface area contributed by atoms with Crippen molar-refractivity contribution in [3.63, 3.8) is 0 Å². The fraction of sp³-hybridized carbons (Fsp3) is 0.571. The molecular weight excluding hydrogens is 233 g/mol. The first-order chi connectivity index (χ1) is 8.58. The molecule has 3 nitrogen and oxygen atoms in total. The largest absolute Gasteiger partial charge is 0.490 e. The Morgan fingerprint density at radius 1 is 1.33 bits per heavy atom. The number of hydrogen-bond donors (Lipinski definition) is 1. The summed E-state index contributed by atoms with van der Waals surface area (Å²) in [6.45, 7) is 7.24. The SMILES string of the molecule is CCNC(C)c1ccc(F)cc1OCC(C)OC. The third-order valence-electron chi connectivity index (χ3n) is 2.83. The number of rotatable bonds is 7. The molecule has 4 heteroatoms. The van der Waals surface area contributed by atoms with Crippen LogP contribution in [-0.4, -0.2) is 26.4 Å². The maximum absolute atomic E-state index is 13.3. The topological polar surface area (TPSA) is 30.5 Å². The van der Waals surface area contributed by atoms with Crippen molar-refractivity contribution in [3.05, 3.63) is 29.6 Å². The van der Waals surface area contributed by atoms with E-state index in [0.29, 0.717) is 12.4 Å². The average molecular weight is 255 g/mol. The lowest BCUT2D eigenvalue weighted by Gasteiger charge is -2.19. The zero-order valence-corrected chi connectivity index (χ0v) is 11.5. The zero-order chi connectivity index (χ0) is 13.5. The molecule has 0 aliphatic carbocycles. The molecular formula is C14H22FNO2. The molecule has 0 amide bonds. The molecule has 0 aliphatic heterocycles. The molecule has 1 aromatic rings. The molecule has 0 radical (unpaired) electrons. The Hall–Kier alpha value is -1.13. The molecule has 1 aromatic carbocycles. The molecule has 2 atom stereocenters. The highest BCUT2D eigenvalue weighted by atomic mass is 19.1. The fourth-order valence-corrected chi connectivity index (χ4v) is 1.68. The standard InChI is InChI=1S/C14H22FNO2/c1-5-16-11(3)13-7-6-12(15)8-14(13)18-9-10(2)17-4/h6-8,10-11,16H,5,9H2,1-4H3. The maximum Gasteiger partial charge on any atom is 0.127 e. The number of nitrogens with one attached hydrogen (secondary N) is 1. The van der Waals surface area contributed by atoms with Gasteiger partial charge in [-0.25, -0.2) is 4.39 Å². The average Bonchev–Trinajstić information content (AvgIpc) is 2.36.